The van der Waals surface area contributed by atoms with E-state index in [0.717, 1.165) is 0 Å². The van der Waals surface area contributed by atoms with Gasteiger partial charge in [0.15, 0.2) is 0 Å². The average Bonchev–Trinajstić information content (AvgIpc) is 1.89. The fraction of sp³-hybridized carbons (Fsp3) is 0.455. The molecular weight excluding hydrogens is 132 g/mol. The van der Waals surface area contributed by atoms with Crippen molar-refractivity contribution in [2.24, 2.45) is 5.92 Å². The van der Waals surface area contributed by atoms with Crippen LogP contribution in [0.5, 0.6) is 0 Å². The molecule has 0 unspecified atom stereocenters. The van der Waals surface area contributed by atoms with Gasteiger partial charge in [0.05, 0.1) is 0 Å². The van der Waals surface area contributed by atoms with Crippen LogP contribution in [0, 0.1) is 5.92 Å². The quantitative estimate of drug-likeness (QED) is 0.537. The summed E-state index contributed by atoms with van der Waals surface area (Å²) in [7, 11) is 0. The van der Waals surface area contributed by atoms with Gasteiger partial charge in [0.25, 0.3) is 0 Å². The van der Waals surface area contributed by atoms with Crippen molar-refractivity contribution in [3.8, 4) is 0 Å². The van der Waals surface area contributed by atoms with Crippen LogP contribution in [0.2, 0.25) is 0 Å². The van der Waals surface area contributed by atoms with Crippen molar-refractivity contribution < 1.29 is 0 Å². The molecule has 64 valence electrons. The van der Waals surface area contributed by atoms with E-state index in [2.05, 4.69) is 26.5 Å². The van der Waals surface area contributed by atoms with E-state index in [4.69, 9.17) is 0 Å². The molecule has 0 radical (unpaired) electrons. The number of hydrogen-bond acceptors (Lipinski definition) is 0. The molecule has 0 rings (SSSR count). The normalized spacial score (nSPS) is 11.8. The largest absolute Gasteiger partial charge is 0.0988 e. The maximum atomic E-state index is 3.73. The fourth-order valence-corrected chi connectivity index (χ4v) is 0.704. The van der Waals surface area contributed by atoms with Gasteiger partial charge in [-0.3, -0.25) is 0 Å². The van der Waals surface area contributed by atoms with Gasteiger partial charge in [-0.05, 0) is 18.4 Å². The van der Waals surface area contributed by atoms with E-state index in [1.54, 1.807) is 0 Å². The van der Waals surface area contributed by atoms with Gasteiger partial charge in [0, 0.05) is 0 Å². The first kappa shape index (κ1) is 12.9. The molecule has 0 fully saturated rings. The van der Waals surface area contributed by atoms with E-state index in [1.807, 2.05) is 25.2 Å². The predicted octanol–water partition coefficient (Wildman–Crippen LogP) is 3.97. The molecule has 0 atom stereocenters. The van der Waals surface area contributed by atoms with Crippen molar-refractivity contribution in [2.45, 2.75) is 28.2 Å². The maximum Gasteiger partial charge on any atom is -0.0219 e. The van der Waals surface area contributed by atoms with E-state index in [9.17, 15) is 0 Å². The minimum absolute atomic E-state index is 0. The lowest BCUT2D eigenvalue weighted by Gasteiger charge is -2.02. The van der Waals surface area contributed by atoms with Gasteiger partial charge in [-0.1, -0.05) is 52.2 Å². The Morgan fingerprint density at radius 1 is 1.36 bits per heavy atom. The monoisotopic (exact) mass is 152 g/mol. The minimum atomic E-state index is 0. The smallest absolute Gasteiger partial charge is 0.0219 e. The van der Waals surface area contributed by atoms with Gasteiger partial charge in [0.2, 0.25) is 0 Å². The van der Waals surface area contributed by atoms with Gasteiger partial charge in [-0.2, -0.15) is 0 Å². The van der Waals surface area contributed by atoms with Crippen molar-refractivity contribution in [3.63, 3.8) is 0 Å². The molecule has 0 amide bonds. The Balaban J connectivity index is 0. The molecule has 11 heavy (non-hydrogen) atoms. The van der Waals surface area contributed by atoms with Crippen LogP contribution in [-0.4, -0.2) is 0 Å². The molecule has 0 aliphatic heterocycles. The van der Waals surface area contributed by atoms with E-state index >= 15 is 0 Å². The Kier molecular flexibility index (Phi) is 8.57. The Bertz CT molecular complexity index is 147. The first-order valence-electron chi connectivity index (χ1n) is 3.67. The summed E-state index contributed by atoms with van der Waals surface area (Å²) >= 11 is 0. The summed E-state index contributed by atoms with van der Waals surface area (Å²) in [5, 5.41) is 0. The van der Waals surface area contributed by atoms with Gasteiger partial charge in [-0.15, -0.1) is 0 Å². The molecule has 0 heterocycles. The van der Waals surface area contributed by atoms with Crippen molar-refractivity contribution in [2.75, 3.05) is 0 Å². The third-order valence-corrected chi connectivity index (χ3v) is 1.38. The number of hydrogen-bond donors (Lipinski definition) is 0. The summed E-state index contributed by atoms with van der Waals surface area (Å²) in [5.74, 6) is 0.577. The average molecular weight is 152 g/mol. The lowest BCUT2D eigenvalue weighted by Crippen LogP contribution is -1.88. The molecule has 0 aromatic heterocycles. The van der Waals surface area contributed by atoms with E-state index in [1.165, 1.54) is 5.57 Å². The summed E-state index contributed by atoms with van der Waals surface area (Å²) in [6.45, 7) is 10.1. The highest BCUT2D eigenvalue weighted by atomic mass is 14.0. The molecule has 0 heteroatoms. The van der Waals surface area contributed by atoms with Crippen LogP contribution >= 0.6 is 0 Å². The zero-order valence-electron chi connectivity index (χ0n) is 7.09. The van der Waals surface area contributed by atoms with Crippen LogP contribution in [0.1, 0.15) is 28.2 Å². The van der Waals surface area contributed by atoms with Crippen LogP contribution in [-0.2, 0) is 0 Å². The number of allylic oxidation sites excluding steroid dienone is 5. The third kappa shape index (κ3) is 5.65. The topological polar surface area (TPSA) is 0 Å². The van der Waals surface area contributed by atoms with Crippen LogP contribution in [0.15, 0.2) is 36.5 Å². The van der Waals surface area contributed by atoms with Crippen molar-refractivity contribution in [1.29, 1.82) is 0 Å². The van der Waals surface area contributed by atoms with E-state index < -0.39 is 0 Å². The first-order valence-corrected chi connectivity index (χ1v) is 3.67. The van der Waals surface area contributed by atoms with Crippen LogP contribution in [0.4, 0.5) is 0 Å². The summed E-state index contributed by atoms with van der Waals surface area (Å²) in [6.07, 6.45) is 8.06. The van der Waals surface area contributed by atoms with E-state index in [0.29, 0.717) is 5.92 Å². The van der Waals surface area contributed by atoms with Gasteiger partial charge in [-0.25, -0.2) is 0 Å². The number of rotatable bonds is 3. The molecule has 0 saturated heterocycles. The first-order chi connectivity index (χ1) is 4.72. The van der Waals surface area contributed by atoms with Crippen molar-refractivity contribution in [3.05, 3.63) is 36.5 Å². The molecule has 0 saturated carbocycles. The van der Waals surface area contributed by atoms with Gasteiger partial charge in [0.1, 0.15) is 0 Å². The lowest BCUT2D eigenvalue weighted by molar-refractivity contribution is 0.792. The molecule has 0 aliphatic carbocycles. The zero-order chi connectivity index (χ0) is 7.98. The molecular formula is C11H20. The second kappa shape index (κ2) is 7.33. The minimum Gasteiger partial charge on any atom is -0.0988 e. The summed E-state index contributed by atoms with van der Waals surface area (Å²) in [6, 6.07) is 0. The molecule has 0 bridgehead atoms. The SMILES string of the molecule is C.C=C/C(=C\C=C/C)C(C)C. The van der Waals surface area contributed by atoms with Crippen molar-refractivity contribution >= 4 is 0 Å². The fourth-order valence-electron chi connectivity index (χ4n) is 0.704. The Morgan fingerprint density at radius 2 is 1.91 bits per heavy atom. The summed E-state index contributed by atoms with van der Waals surface area (Å²) in [5.41, 5.74) is 1.29. The standard InChI is InChI=1S/C10H16.CH4/c1-5-7-8-10(6-2)9(3)4;/h5-9H,2H2,1,3-4H3;1H4/b7-5-,10-8+;. The predicted molar refractivity (Wildman–Crippen MR) is 54.7 cm³/mol. The summed E-state index contributed by atoms with van der Waals surface area (Å²) < 4.78 is 0. The lowest BCUT2D eigenvalue weighted by atomic mass is 10.0. The highest BCUT2D eigenvalue weighted by Gasteiger charge is 1.94. The zero-order valence-corrected chi connectivity index (χ0v) is 7.09. The van der Waals surface area contributed by atoms with Crippen molar-refractivity contribution in [1.82, 2.24) is 0 Å². The highest BCUT2D eigenvalue weighted by molar-refractivity contribution is 5.23. The Morgan fingerprint density at radius 3 is 2.18 bits per heavy atom. The Labute approximate surface area is 71.3 Å². The molecule has 0 aromatic carbocycles. The summed E-state index contributed by atoms with van der Waals surface area (Å²) in [4.78, 5) is 0. The highest BCUT2D eigenvalue weighted by Crippen LogP contribution is 2.09. The maximum absolute atomic E-state index is 3.73. The van der Waals surface area contributed by atoms with Gasteiger partial charge >= 0.3 is 0 Å². The third-order valence-electron chi connectivity index (χ3n) is 1.38. The van der Waals surface area contributed by atoms with Crippen LogP contribution in [0.3, 0.4) is 0 Å². The van der Waals surface area contributed by atoms with Gasteiger partial charge < -0.3 is 0 Å². The van der Waals surface area contributed by atoms with Crippen LogP contribution in [0.25, 0.3) is 0 Å². The molecule has 0 spiro atoms. The van der Waals surface area contributed by atoms with E-state index in [-0.39, 0.29) is 7.43 Å². The second-order valence-electron chi connectivity index (χ2n) is 2.55. The molecule has 0 N–H and O–H groups in total. The molecule has 0 aliphatic rings. The second-order valence-corrected chi connectivity index (χ2v) is 2.55. The Hall–Kier alpha value is -0.780. The van der Waals surface area contributed by atoms with Crippen LogP contribution < -0.4 is 0 Å². The molecule has 0 nitrogen and oxygen atoms in total. The molecule has 0 aromatic rings.